The van der Waals surface area contributed by atoms with Crippen LogP contribution in [0.2, 0.25) is 0 Å². The Morgan fingerprint density at radius 1 is 1.15 bits per heavy atom. The van der Waals surface area contributed by atoms with E-state index >= 15 is 0 Å². The van der Waals surface area contributed by atoms with Gasteiger partial charge in [-0.3, -0.25) is 4.79 Å². The highest BCUT2D eigenvalue weighted by Gasteiger charge is 2.16. The van der Waals surface area contributed by atoms with Crippen LogP contribution in [0.25, 0.3) is 10.8 Å². The lowest BCUT2D eigenvalue weighted by molar-refractivity contribution is 0.502. The summed E-state index contributed by atoms with van der Waals surface area (Å²) >= 11 is 0. The molecule has 2 unspecified atom stereocenters. The number of aromatic nitrogens is 1. The molecule has 3 rings (SSSR count). The number of H-pyrrole nitrogens is 1. The average molecular weight is 270 g/mol. The molecule has 0 bridgehead atoms. The fourth-order valence-corrected chi connectivity index (χ4v) is 3.14. The highest BCUT2D eigenvalue weighted by atomic mass is 16.1. The zero-order valence-electron chi connectivity index (χ0n) is 12.0. The first kappa shape index (κ1) is 13.2. The summed E-state index contributed by atoms with van der Waals surface area (Å²) in [6.45, 7) is 2.33. The summed E-state index contributed by atoms with van der Waals surface area (Å²) in [5.74, 6) is 1.69. The fourth-order valence-electron chi connectivity index (χ4n) is 3.14. The van der Waals surface area contributed by atoms with Gasteiger partial charge in [0.05, 0.1) is 0 Å². The lowest BCUT2D eigenvalue weighted by Gasteiger charge is -2.17. The second-order valence-electron chi connectivity index (χ2n) is 6.05. The topological polar surface area (TPSA) is 44.9 Å². The van der Waals surface area contributed by atoms with Gasteiger partial charge in [-0.15, -0.1) is 0 Å². The van der Waals surface area contributed by atoms with Crippen LogP contribution in [0.5, 0.6) is 0 Å². The van der Waals surface area contributed by atoms with E-state index in [4.69, 9.17) is 0 Å². The van der Waals surface area contributed by atoms with Crippen LogP contribution in [0.1, 0.15) is 39.0 Å². The highest BCUT2D eigenvalue weighted by Crippen LogP contribution is 2.25. The van der Waals surface area contributed by atoms with Crippen LogP contribution >= 0.6 is 0 Å². The van der Waals surface area contributed by atoms with Crippen LogP contribution in [-0.2, 0) is 0 Å². The Morgan fingerprint density at radius 2 is 2.00 bits per heavy atom. The quantitative estimate of drug-likeness (QED) is 0.813. The number of pyridine rings is 1. The van der Waals surface area contributed by atoms with E-state index in [1.165, 1.54) is 32.1 Å². The Hall–Kier alpha value is -1.77. The molecule has 0 aliphatic heterocycles. The SMILES string of the molecule is CC1CCCC(Nc2cc3ccccc3c(=O)[nH]2)CC1. The van der Waals surface area contributed by atoms with E-state index in [9.17, 15) is 4.79 Å². The summed E-state index contributed by atoms with van der Waals surface area (Å²) < 4.78 is 0. The van der Waals surface area contributed by atoms with E-state index in [2.05, 4.69) is 17.2 Å². The molecule has 1 heterocycles. The number of hydrogen-bond donors (Lipinski definition) is 2. The minimum absolute atomic E-state index is 0.00686. The van der Waals surface area contributed by atoms with Gasteiger partial charge in [0, 0.05) is 11.4 Å². The van der Waals surface area contributed by atoms with Crippen LogP contribution in [0, 0.1) is 5.92 Å². The molecule has 2 N–H and O–H groups in total. The van der Waals surface area contributed by atoms with Gasteiger partial charge in [-0.05, 0) is 42.7 Å². The number of hydrogen-bond acceptors (Lipinski definition) is 2. The van der Waals surface area contributed by atoms with Crippen molar-refractivity contribution in [3.63, 3.8) is 0 Å². The van der Waals surface area contributed by atoms with Crippen LogP contribution in [-0.4, -0.2) is 11.0 Å². The standard InChI is InChI=1S/C17H22N2O/c1-12-5-4-7-14(10-9-12)18-16-11-13-6-2-3-8-15(13)17(20)19-16/h2-3,6,8,11-12,14H,4-5,7,9-10H2,1H3,(H2,18,19,20). The Labute approximate surface area is 119 Å². The van der Waals surface area contributed by atoms with Crippen LogP contribution in [0.15, 0.2) is 35.1 Å². The highest BCUT2D eigenvalue weighted by molar-refractivity contribution is 5.83. The van der Waals surface area contributed by atoms with Gasteiger partial charge in [0.25, 0.3) is 5.56 Å². The van der Waals surface area contributed by atoms with E-state index in [0.717, 1.165) is 22.5 Å². The van der Waals surface area contributed by atoms with Crippen molar-refractivity contribution in [2.75, 3.05) is 5.32 Å². The average Bonchev–Trinajstić information content (AvgIpc) is 2.64. The Morgan fingerprint density at radius 3 is 2.90 bits per heavy atom. The first-order chi connectivity index (χ1) is 9.72. The number of benzene rings is 1. The molecule has 20 heavy (non-hydrogen) atoms. The summed E-state index contributed by atoms with van der Waals surface area (Å²) in [7, 11) is 0. The molecule has 1 aliphatic carbocycles. The largest absolute Gasteiger partial charge is 0.369 e. The molecular weight excluding hydrogens is 248 g/mol. The Bertz CT molecular complexity index is 647. The number of nitrogens with one attached hydrogen (secondary N) is 2. The number of rotatable bonds is 2. The molecular formula is C17H22N2O. The van der Waals surface area contributed by atoms with Crippen molar-refractivity contribution in [1.29, 1.82) is 0 Å². The summed E-state index contributed by atoms with van der Waals surface area (Å²) in [5.41, 5.74) is -0.00686. The maximum Gasteiger partial charge on any atom is 0.257 e. The maximum absolute atomic E-state index is 12.1. The first-order valence-corrected chi connectivity index (χ1v) is 7.61. The molecule has 1 aromatic carbocycles. The molecule has 1 fully saturated rings. The molecule has 1 saturated carbocycles. The van der Waals surface area contributed by atoms with E-state index in [-0.39, 0.29) is 5.56 Å². The van der Waals surface area contributed by atoms with Gasteiger partial charge in [-0.2, -0.15) is 0 Å². The van der Waals surface area contributed by atoms with Gasteiger partial charge in [0.15, 0.2) is 0 Å². The van der Waals surface area contributed by atoms with Gasteiger partial charge in [-0.25, -0.2) is 0 Å². The molecule has 3 nitrogen and oxygen atoms in total. The minimum Gasteiger partial charge on any atom is -0.369 e. The summed E-state index contributed by atoms with van der Waals surface area (Å²) in [6, 6.07) is 10.3. The molecule has 1 aliphatic rings. The Balaban J connectivity index is 1.82. The Kier molecular flexibility index (Phi) is 3.77. The number of anilines is 1. The lowest BCUT2D eigenvalue weighted by Crippen LogP contribution is -2.21. The van der Waals surface area contributed by atoms with Gasteiger partial charge < -0.3 is 10.3 Å². The monoisotopic (exact) mass is 270 g/mol. The van der Waals surface area contributed by atoms with E-state index in [1.807, 2.05) is 30.3 Å². The van der Waals surface area contributed by atoms with Crippen LogP contribution in [0.4, 0.5) is 5.82 Å². The summed E-state index contributed by atoms with van der Waals surface area (Å²) in [4.78, 5) is 15.0. The van der Waals surface area contributed by atoms with Crippen molar-refractivity contribution < 1.29 is 0 Å². The molecule has 0 amide bonds. The minimum atomic E-state index is -0.00686. The third kappa shape index (κ3) is 2.87. The number of fused-ring (bicyclic) bond motifs is 1. The third-order valence-electron chi connectivity index (χ3n) is 4.37. The fraction of sp³-hybridized carbons (Fsp3) is 0.471. The van der Waals surface area contributed by atoms with E-state index < -0.39 is 0 Å². The second kappa shape index (κ2) is 5.70. The van der Waals surface area contributed by atoms with Crippen molar-refractivity contribution in [1.82, 2.24) is 4.98 Å². The normalized spacial score (nSPS) is 23.4. The number of aromatic amines is 1. The second-order valence-corrected chi connectivity index (χ2v) is 6.05. The van der Waals surface area contributed by atoms with Gasteiger partial charge >= 0.3 is 0 Å². The van der Waals surface area contributed by atoms with Crippen molar-refractivity contribution in [2.24, 2.45) is 5.92 Å². The third-order valence-corrected chi connectivity index (χ3v) is 4.37. The lowest BCUT2D eigenvalue weighted by atomic mass is 10.0. The van der Waals surface area contributed by atoms with Crippen LogP contribution < -0.4 is 10.9 Å². The molecule has 3 heteroatoms. The van der Waals surface area contributed by atoms with E-state index in [1.54, 1.807) is 0 Å². The van der Waals surface area contributed by atoms with Crippen molar-refractivity contribution >= 4 is 16.6 Å². The molecule has 106 valence electrons. The van der Waals surface area contributed by atoms with Gasteiger partial charge in [0.1, 0.15) is 5.82 Å². The summed E-state index contributed by atoms with van der Waals surface area (Å²) in [6.07, 6.45) is 6.26. The predicted molar refractivity (Wildman–Crippen MR) is 84.2 cm³/mol. The predicted octanol–water partition coefficient (Wildman–Crippen LogP) is 3.91. The molecule has 2 atom stereocenters. The first-order valence-electron chi connectivity index (χ1n) is 7.61. The molecule has 0 saturated heterocycles. The smallest absolute Gasteiger partial charge is 0.257 e. The molecule has 0 spiro atoms. The van der Waals surface area contributed by atoms with Crippen molar-refractivity contribution in [2.45, 2.75) is 45.1 Å². The molecule has 0 radical (unpaired) electrons. The van der Waals surface area contributed by atoms with E-state index in [0.29, 0.717) is 6.04 Å². The van der Waals surface area contributed by atoms with Gasteiger partial charge in [0.2, 0.25) is 0 Å². The molecule has 1 aromatic heterocycles. The van der Waals surface area contributed by atoms with Crippen LogP contribution in [0.3, 0.4) is 0 Å². The van der Waals surface area contributed by atoms with Gasteiger partial charge in [-0.1, -0.05) is 38.0 Å². The zero-order chi connectivity index (χ0) is 13.9. The maximum atomic E-state index is 12.1. The summed E-state index contributed by atoms with van der Waals surface area (Å²) in [5, 5.41) is 5.28. The van der Waals surface area contributed by atoms with Crippen molar-refractivity contribution in [3.05, 3.63) is 40.7 Å². The molecule has 2 aromatic rings. The zero-order valence-corrected chi connectivity index (χ0v) is 12.0. The van der Waals surface area contributed by atoms with Crippen molar-refractivity contribution in [3.8, 4) is 0 Å².